The summed E-state index contributed by atoms with van der Waals surface area (Å²) in [7, 11) is 0. The zero-order valence-corrected chi connectivity index (χ0v) is 15.0. The first-order chi connectivity index (χ1) is 11.8. The molecule has 0 fully saturated rings. The van der Waals surface area contributed by atoms with Crippen molar-refractivity contribution in [2.45, 2.75) is 34.2 Å². The van der Waals surface area contributed by atoms with Crippen molar-refractivity contribution in [3.8, 4) is 0 Å². The highest BCUT2D eigenvalue weighted by molar-refractivity contribution is 7.15. The third kappa shape index (κ3) is 3.07. The van der Waals surface area contributed by atoms with E-state index in [4.69, 9.17) is 0 Å². The van der Waals surface area contributed by atoms with Crippen molar-refractivity contribution >= 4 is 33.8 Å². The standard InChI is InChI=1S/C15H16N6O3S/c1-7-13(10(4)22)9(3)20(18-7)5-12(23)16-11-6-25-15-17-14(24)8(2)19-21(11)15/h6H,5H2,1-4H3,(H,16,23). The van der Waals surface area contributed by atoms with E-state index in [1.54, 1.807) is 26.2 Å². The minimum atomic E-state index is -0.390. The average molecular weight is 360 g/mol. The molecule has 0 saturated heterocycles. The van der Waals surface area contributed by atoms with Gasteiger partial charge in [-0.15, -0.1) is 11.3 Å². The Hall–Kier alpha value is -2.88. The van der Waals surface area contributed by atoms with Crippen LogP contribution in [0.1, 0.15) is 34.4 Å². The molecule has 0 aliphatic carbocycles. The van der Waals surface area contributed by atoms with E-state index in [1.807, 2.05) is 0 Å². The van der Waals surface area contributed by atoms with Crippen molar-refractivity contribution in [1.82, 2.24) is 24.4 Å². The Morgan fingerprint density at radius 1 is 1.20 bits per heavy atom. The molecule has 0 unspecified atom stereocenters. The van der Waals surface area contributed by atoms with Crippen molar-refractivity contribution in [3.05, 3.63) is 38.4 Å². The normalized spacial score (nSPS) is 11.0. The monoisotopic (exact) mass is 360 g/mol. The lowest BCUT2D eigenvalue weighted by Gasteiger charge is -2.06. The predicted molar refractivity (Wildman–Crippen MR) is 92.2 cm³/mol. The van der Waals surface area contributed by atoms with Gasteiger partial charge in [0.1, 0.15) is 18.1 Å². The number of aryl methyl sites for hydroxylation is 2. The number of ketones is 1. The lowest BCUT2D eigenvalue weighted by Crippen LogP contribution is -2.22. The van der Waals surface area contributed by atoms with E-state index in [0.29, 0.717) is 27.7 Å². The summed E-state index contributed by atoms with van der Waals surface area (Å²) in [6.07, 6.45) is 0. The fourth-order valence-electron chi connectivity index (χ4n) is 2.60. The van der Waals surface area contributed by atoms with Gasteiger partial charge in [-0.05, 0) is 27.7 Å². The summed E-state index contributed by atoms with van der Waals surface area (Å²) in [5.41, 5.74) is 1.63. The minimum absolute atomic E-state index is 0.0378. The molecule has 10 heteroatoms. The summed E-state index contributed by atoms with van der Waals surface area (Å²) >= 11 is 1.21. The molecule has 3 rings (SSSR count). The first-order valence-electron chi connectivity index (χ1n) is 7.48. The Bertz CT molecular complexity index is 1060. The largest absolute Gasteiger partial charge is 0.308 e. The highest BCUT2D eigenvalue weighted by atomic mass is 32.1. The molecular weight excluding hydrogens is 344 g/mol. The molecule has 130 valence electrons. The maximum absolute atomic E-state index is 12.3. The maximum Gasteiger partial charge on any atom is 0.295 e. The highest BCUT2D eigenvalue weighted by Crippen LogP contribution is 2.17. The second-order valence-electron chi connectivity index (χ2n) is 5.63. The van der Waals surface area contributed by atoms with Crippen LogP contribution in [0.15, 0.2) is 10.2 Å². The number of carbonyl (C=O) groups excluding carboxylic acids is 2. The van der Waals surface area contributed by atoms with Gasteiger partial charge in [-0.2, -0.15) is 19.7 Å². The van der Waals surface area contributed by atoms with Gasteiger partial charge in [0, 0.05) is 11.1 Å². The van der Waals surface area contributed by atoms with Gasteiger partial charge < -0.3 is 5.32 Å². The van der Waals surface area contributed by atoms with Crippen LogP contribution in [0.5, 0.6) is 0 Å². The zero-order valence-electron chi connectivity index (χ0n) is 14.2. The summed E-state index contributed by atoms with van der Waals surface area (Å²) in [6, 6.07) is 0. The fraction of sp³-hybridized carbons (Fsp3) is 0.333. The summed E-state index contributed by atoms with van der Waals surface area (Å²) < 4.78 is 2.91. The zero-order chi connectivity index (χ0) is 18.3. The Morgan fingerprint density at radius 2 is 1.92 bits per heavy atom. The van der Waals surface area contributed by atoms with Crippen LogP contribution in [-0.2, 0) is 11.3 Å². The average Bonchev–Trinajstić information content (AvgIpc) is 3.01. The fourth-order valence-corrected chi connectivity index (χ4v) is 3.35. The molecule has 0 saturated carbocycles. The quantitative estimate of drug-likeness (QED) is 0.698. The Balaban J connectivity index is 1.84. The lowest BCUT2D eigenvalue weighted by atomic mass is 10.1. The van der Waals surface area contributed by atoms with Crippen molar-refractivity contribution in [3.63, 3.8) is 0 Å². The van der Waals surface area contributed by atoms with E-state index in [1.165, 1.54) is 27.5 Å². The second-order valence-corrected chi connectivity index (χ2v) is 6.46. The number of carbonyl (C=O) groups is 2. The van der Waals surface area contributed by atoms with Crippen molar-refractivity contribution in [2.24, 2.45) is 0 Å². The van der Waals surface area contributed by atoms with Gasteiger partial charge >= 0.3 is 0 Å². The van der Waals surface area contributed by atoms with Crippen LogP contribution in [0.2, 0.25) is 0 Å². The molecule has 0 aromatic carbocycles. The van der Waals surface area contributed by atoms with Gasteiger partial charge in [0.25, 0.3) is 5.56 Å². The number of anilines is 1. The number of Topliss-reactive ketones (excluding diaryl/α,β-unsaturated/α-hetero) is 1. The first-order valence-corrected chi connectivity index (χ1v) is 8.36. The number of nitrogens with one attached hydrogen (secondary N) is 1. The number of rotatable bonds is 4. The molecule has 0 aliphatic rings. The maximum atomic E-state index is 12.3. The molecule has 9 nitrogen and oxygen atoms in total. The van der Waals surface area contributed by atoms with Crippen LogP contribution >= 0.6 is 11.3 Å². The third-order valence-electron chi connectivity index (χ3n) is 3.74. The molecular formula is C15H16N6O3S. The van der Waals surface area contributed by atoms with E-state index >= 15 is 0 Å². The van der Waals surface area contributed by atoms with Crippen LogP contribution in [-0.4, -0.2) is 36.1 Å². The summed E-state index contributed by atoms with van der Waals surface area (Å²) in [5.74, 6) is 0.0210. The summed E-state index contributed by atoms with van der Waals surface area (Å²) in [6.45, 7) is 6.48. The molecule has 0 radical (unpaired) electrons. The molecule has 25 heavy (non-hydrogen) atoms. The van der Waals surface area contributed by atoms with Crippen LogP contribution in [0.4, 0.5) is 5.82 Å². The van der Waals surface area contributed by atoms with Gasteiger partial charge in [0.15, 0.2) is 5.78 Å². The van der Waals surface area contributed by atoms with Gasteiger partial charge in [0.05, 0.1) is 11.3 Å². The van der Waals surface area contributed by atoms with Crippen molar-refractivity contribution < 1.29 is 9.59 Å². The van der Waals surface area contributed by atoms with Crippen molar-refractivity contribution in [1.29, 1.82) is 0 Å². The number of aromatic nitrogens is 5. The molecule has 1 amide bonds. The number of thiazole rings is 1. The van der Waals surface area contributed by atoms with E-state index in [0.717, 1.165) is 0 Å². The number of hydrogen-bond donors (Lipinski definition) is 1. The van der Waals surface area contributed by atoms with Gasteiger partial charge in [-0.1, -0.05) is 0 Å². The van der Waals surface area contributed by atoms with Gasteiger partial charge in [-0.3, -0.25) is 19.1 Å². The number of nitrogens with zero attached hydrogens (tertiary/aromatic N) is 5. The highest BCUT2D eigenvalue weighted by Gasteiger charge is 2.18. The van der Waals surface area contributed by atoms with E-state index in [2.05, 4.69) is 20.5 Å². The Kier molecular flexibility index (Phi) is 4.21. The number of hydrogen-bond acceptors (Lipinski definition) is 7. The smallest absolute Gasteiger partial charge is 0.295 e. The van der Waals surface area contributed by atoms with Crippen LogP contribution in [0.25, 0.3) is 4.96 Å². The Morgan fingerprint density at radius 3 is 2.56 bits per heavy atom. The third-order valence-corrected chi connectivity index (χ3v) is 4.55. The molecule has 3 aromatic rings. The second kappa shape index (κ2) is 6.20. The van der Waals surface area contributed by atoms with Gasteiger partial charge in [-0.25, -0.2) is 0 Å². The van der Waals surface area contributed by atoms with Crippen LogP contribution < -0.4 is 10.9 Å². The molecule has 3 heterocycles. The van der Waals surface area contributed by atoms with Crippen molar-refractivity contribution in [2.75, 3.05) is 5.32 Å². The van der Waals surface area contributed by atoms with Crippen LogP contribution in [0, 0.1) is 20.8 Å². The van der Waals surface area contributed by atoms with Crippen LogP contribution in [0.3, 0.4) is 0 Å². The predicted octanol–water partition coefficient (Wildman–Crippen LogP) is 1.11. The van der Waals surface area contributed by atoms with Gasteiger partial charge in [0.2, 0.25) is 10.9 Å². The lowest BCUT2D eigenvalue weighted by molar-refractivity contribution is -0.117. The summed E-state index contributed by atoms with van der Waals surface area (Å²) in [4.78, 5) is 39.8. The van der Waals surface area contributed by atoms with E-state index < -0.39 is 0 Å². The summed E-state index contributed by atoms with van der Waals surface area (Å²) in [5, 5.41) is 12.8. The molecule has 0 bridgehead atoms. The molecule has 0 spiro atoms. The van der Waals surface area contributed by atoms with E-state index in [9.17, 15) is 14.4 Å². The SMILES string of the molecule is CC(=O)c1c(C)nn(CC(=O)Nc2csc3nc(=O)c(C)nn23)c1C. The van der Waals surface area contributed by atoms with E-state index in [-0.39, 0.29) is 29.5 Å². The molecule has 1 N–H and O–H groups in total. The molecule has 3 aromatic heterocycles. The number of amides is 1. The topological polar surface area (TPSA) is 111 Å². The minimum Gasteiger partial charge on any atom is -0.308 e. The Labute approximate surface area is 146 Å². The molecule has 0 atom stereocenters. The number of fused-ring (bicyclic) bond motifs is 1. The molecule has 0 aliphatic heterocycles. The first kappa shape index (κ1) is 17.0.